The fraction of sp³-hybridized carbons (Fsp3) is 0.176. The van der Waals surface area contributed by atoms with Crippen LogP contribution in [0.15, 0.2) is 46.0 Å². The van der Waals surface area contributed by atoms with E-state index in [1.807, 2.05) is 0 Å². The molecule has 10 heteroatoms. The van der Waals surface area contributed by atoms with E-state index in [1.54, 1.807) is 26.0 Å². The Morgan fingerprint density at radius 3 is 1.63 bits per heavy atom. The molecule has 0 unspecified atom stereocenters. The second-order valence-corrected chi connectivity index (χ2v) is 7.39. The van der Waals surface area contributed by atoms with Gasteiger partial charge in [0, 0.05) is 0 Å². The highest BCUT2D eigenvalue weighted by molar-refractivity contribution is 7.87. The van der Waals surface area contributed by atoms with E-state index in [1.165, 1.54) is 24.3 Å². The van der Waals surface area contributed by atoms with E-state index in [9.17, 15) is 31.2 Å². The third kappa shape index (κ3) is 2.95. The van der Waals surface area contributed by atoms with E-state index in [0.717, 1.165) is 0 Å². The van der Waals surface area contributed by atoms with Gasteiger partial charge in [-0.1, -0.05) is 29.0 Å². The Balaban J connectivity index is 2.62. The van der Waals surface area contributed by atoms with Crippen molar-refractivity contribution < 1.29 is 25.9 Å². The summed E-state index contributed by atoms with van der Waals surface area (Å²) >= 11 is 0. The standard InChI is InChI=1S/C17H12F3NO5S/c1-9-5-3-7-11-13(9)14-10(2)6-4-8-12(14)16(23)21(15(11)22)26-27(24,25)17(18,19)20/h3-8H,1-2H3. The molecule has 2 aromatic carbocycles. The summed E-state index contributed by atoms with van der Waals surface area (Å²) in [6.07, 6.45) is 0. The molecule has 0 amide bonds. The molecule has 1 heterocycles. The van der Waals surface area contributed by atoms with E-state index < -0.39 is 26.7 Å². The predicted molar refractivity (Wildman–Crippen MR) is 93.0 cm³/mol. The Labute approximate surface area is 150 Å². The minimum absolute atomic E-state index is 0.145. The molecule has 3 rings (SSSR count). The molecular formula is C17H12F3NO5S. The molecule has 6 nitrogen and oxygen atoms in total. The van der Waals surface area contributed by atoms with E-state index in [2.05, 4.69) is 4.28 Å². The lowest BCUT2D eigenvalue weighted by atomic mass is 9.99. The largest absolute Gasteiger partial charge is 0.536 e. The topological polar surface area (TPSA) is 82.4 Å². The first-order valence-electron chi connectivity index (χ1n) is 7.55. The smallest absolute Gasteiger partial charge is 0.274 e. The maximum Gasteiger partial charge on any atom is 0.536 e. The van der Waals surface area contributed by atoms with Crippen LogP contribution in [0.3, 0.4) is 0 Å². The summed E-state index contributed by atoms with van der Waals surface area (Å²) in [7, 11) is -6.22. The van der Waals surface area contributed by atoms with Crippen molar-refractivity contribution in [3.8, 4) is 0 Å². The van der Waals surface area contributed by atoms with Gasteiger partial charge in [-0.3, -0.25) is 13.9 Å². The molecule has 0 spiro atoms. The van der Waals surface area contributed by atoms with Gasteiger partial charge in [0.1, 0.15) is 0 Å². The maximum atomic E-state index is 12.7. The van der Waals surface area contributed by atoms with Gasteiger partial charge in [0.25, 0.3) is 11.1 Å². The van der Waals surface area contributed by atoms with Gasteiger partial charge in [-0.2, -0.15) is 21.6 Å². The lowest BCUT2D eigenvalue weighted by Gasteiger charge is -2.08. The normalized spacial score (nSPS) is 12.5. The van der Waals surface area contributed by atoms with Crippen molar-refractivity contribution in [3.05, 3.63) is 68.2 Å². The van der Waals surface area contributed by atoms with Crippen LogP contribution in [-0.2, 0) is 10.1 Å². The van der Waals surface area contributed by atoms with Crippen molar-refractivity contribution >= 4 is 31.7 Å². The molecule has 0 saturated heterocycles. The molecule has 0 N–H and O–H groups in total. The van der Waals surface area contributed by atoms with E-state index in [4.69, 9.17) is 0 Å². The van der Waals surface area contributed by atoms with Crippen molar-refractivity contribution in [2.24, 2.45) is 0 Å². The van der Waals surface area contributed by atoms with Gasteiger partial charge in [0.05, 0.1) is 10.8 Å². The average Bonchev–Trinajstić information content (AvgIpc) is 2.65. The molecule has 1 aromatic heterocycles. The SMILES string of the molecule is Cc1cccc2c(=O)n(OS(=O)(=O)C(F)(F)F)c(=O)c3cccc(C)c3c12. The summed E-state index contributed by atoms with van der Waals surface area (Å²) < 4.78 is 64.4. The summed E-state index contributed by atoms with van der Waals surface area (Å²) in [5.41, 5.74) is -7.23. The second kappa shape index (κ2) is 6.08. The summed E-state index contributed by atoms with van der Waals surface area (Å²) in [6, 6.07) is 8.84. The summed E-state index contributed by atoms with van der Waals surface area (Å²) in [6.45, 7) is 3.32. The Hall–Kier alpha value is -2.88. The van der Waals surface area contributed by atoms with Crippen LogP contribution in [0.1, 0.15) is 11.1 Å². The molecule has 3 aromatic rings. The van der Waals surface area contributed by atoms with Crippen LogP contribution in [0.25, 0.3) is 21.5 Å². The fourth-order valence-electron chi connectivity index (χ4n) is 2.87. The fourth-order valence-corrected chi connectivity index (χ4v) is 3.29. The zero-order chi connectivity index (χ0) is 20.1. The minimum atomic E-state index is -6.22. The Morgan fingerprint density at radius 2 is 1.26 bits per heavy atom. The molecule has 0 aliphatic heterocycles. The molecule has 0 aliphatic rings. The highest BCUT2D eigenvalue weighted by Crippen LogP contribution is 2.26. The zero-order valence-electron chi connectivity index (χ0n) is 14.0. The van der Waals surface area contributed by atoms with Gasteiger partial charge in [0.2, 0.25) is 0 Å². The number of aryl methyl sites for hydroxylation is 2. The number of fused-ring (bicyclic) bond motifs is 3. The van der Waals surface area contributed by atoms with E-state index in [0.29, 0.717) is 21.9 Å². The average molecular weight is 399 g/mol. The van der Waals surface area contributed by atoms with Gasteiger partial charge in [-0.05, 0) is 47.9 Å². The molecule has 27 heavy (non-hydrogen) atoms. The van der Waals surface area contributed by atoms with Gasteiger partial charge >= 0.3 is 15.6 Å². The van der Waals surface area contributed by atoms with Gasteiger partial charge in [0.15, 0.2) is 0 Å². The van der Waals surface area contributed by atoms with E-state index >= 15 is 0 Å². The summed E-state index contributed by atoms with van der Waals surface area (Å²) in [4.78, 5) is 25.5. The number of rotatable bonds is 2. The molecular weight excluding hydrogens is 387 g/mol. The van der Waals surface area contributed by atoms with Crippen LogP contribution < -0.4 is 15.4 Å². The minimum Gasteiger partial charge on any atom is -0.274 e. The number of nitrogens with zero attached hydrogens (tertiary/aromatic N) is 1. The number of alkyl halides is 3. The molecule has 142 valence electrons. The van der Waals surface area contributed by atoms with Crippen molar-refractivity contribution in [2.75, 3.05) is 0 Å². The molecule has 0 saturated carbocycles. The second-order valence-electron chi connectivity index (χ2n) is 5.87. The van der Waals surface area contributed by atoms with E-state index in [-0.39, 0.29) is 15.5 Å². The third-order valence-corrected chi connectivity index (χ3v) is 4.99. The quantitative estimate of drug-likeness (QED) is 0.618. The number of hydrogen-bond acceptors (Lipinski definition) is 5. The van der Waals surface area contributed by atoms with Crippen LogP contribution in [0.2, 0.25) is 0 Å². The molecule has 0 aliphatic carbocycles. The Morgan fingerprint density at radius 1 is 0.852 bits per heavy atom. The Bertz CT molecular complexity index is 1230. The zero-order valence-corrected chi connectivity index (χ0v) is 14.8. The van der Waals surface area contributed by atoms with Gasteiger partial charge in [-0.25, -0.2) is 0 Å². The number of aromatic nitrogens is 1. The van der Waals surface area contributed by atoms with Crippen LogP contribution >= 0.6 is 0 Å². The molecule has 0 atom stereocenters. The molecule has 0 fully saturated rings. The predicted octanol–water partition coefficient (Wildman–Crippen LogP) is 2.41. The van der Waals surface area contributed by atoms with Crippen molar-refractivity contribution in [1.29, 1.82) is 0 Å². The highest BCUT2D eigenvalue weighted by Gasteiger charge is 2.49. The monoisotopic (exact) mass is 399 g/mol. The first kappa shape index (κ1) is 18.9. The van der Waals surface area contributed by atoms with Gasteiger partial charge < -0.3 is 0 Å². The van der Waals surface area contributed by atoms with Crippen LogP contribution in [0, 0.1) is 13.8 Å². The third-order valence-electron chi connectivity index (χ3n) is 4.08. The lowest BCUT2D eigenvalue weighted by molar-refractivity contribution is -0.0551. The van der Waals surface area contributed by atoms with Crippen molar-refractivity contribution in [2.45, 2.75) is 19.4 Å². The first-order valence-corrected chi connectivity index (χ1v) is 8.96. The first-order chi connectivity index (χ1) is 12.5. The van der Waals surface area contributed by atoms with Gasteiger partial charge in [-0.15, -0.1) is 0 Å². The number of halogens is 3. The molecule has 0 radical (unpaired) electrons. The Kier molecular flexibility index (Phi) is 4.26. The lowest BCUT2D eigenvalue weighted by Crippen LogP contribution is -2.43. The summed E-state index contributed by atoms with van der Waals surface area (Å²) in [5, 5.41) is 0.376. The van der Waals surface area contributed by atoms with Crippen LogP contribution in [-0.4, -0.2) is 18.7 Å². The van der Waals surface area contributed by atoms with Crippen LogP contribution in [0.5, 0.6) is 0 Å². The van der Waals surface area contributed by atoms with Crippen LogP contribution in [0.4, 0.5) is 13.2 Å². The number of hydrogen-bond donors (Lipinski definition) is 0. The van der Waals surface area contributed by atoms with Crippen molar-refractivity contribution in [1.82, 2.24) is 4.73 Å². The molecule has 0 bridgehead atoms. The number of benzene rings is 2. The summed E-state index contributed by atoms with van der Waals surface area (Å²) in [5.74, 6) is 0. The highest BCUT2D eigenvalue weighted by atomic mass is 32.2. The maximum absolute atomic E-state index is 12.7. The van der Waals surface area contributed by atoms with Crippen molar-refractivity contribution in [3.63, 3.8) is 0 Å².